The first-order valence-electron chi connectivity index (χ1n) is 8.06. The number of fused-ring (bicyclic) bond motifs is 4. The van der Waals surface area contributed by atoms with Crippen LogP contribution < -0.4 is 5.32 Å². The monoisotopic (exact) mass is 315 g/mol. The molecule has 0 spiro atoms. The van der Waals surface area contributed by atoms with Crippen LogP contribution in [0.25, 0.3) is 10.1 Å². The molecule has 0 aliphatic carbocycles. The van der Waals surface area contributed by atoms with E-state index in [2.05, 4.69) is 32.8 Å². The summed E-state index contributed by atoms with van der Waals surface area (Å²) >= 11 is 1.51. The van der Waals surface area contributed by atoms with Gasteiger partial charge in [0.2, 0.25) is 5.91 Å². The van der Waals surface area contributed by atoms with Crippen LogP contribution >= 0.6 is 11.5 Å². The zero-order chi connectivity index (χ0) is 15.1. The molecule has 1 N–H and O–H groups in total. The van der Waals surface area contributed by atoms with Crippen molar-refractivity contribution < 1.29 is 4.79 Å². The molecule has 2 bridgehead atoms. The van der Waals surface area contributed by atoms with Gasteiger partial charge >= 0.3 is 0 Å². The summed E-state index contributed by atoms with van der Waals surface area (Å²) in [5, 5.41) is 4.46. The molecule has 5 heteroatoms. The largest absolute Gasteiger partial charge is 0.352 e. The molecule has 3 aliphatic rings. The van der Waals surface area contributed by atoms with Crippen molar-refractivity contribution in [2.24, 2.45) is 5.92 Å². The van der Waals surface area contributed by atoms with Crippen LogP contribution in [0.5, 0.6) is 0 Å². The highest BCUT2D eigenvalue weighted by Gasteiger charge is 2.34. The van der Waals surface area contributed by atoms with Gasteiger partial charge in [-0.1, -0.05) is 12.1 Å². The van der Waals surface area contributed by atoms with E-state index in [0.717, 1.165) is 17.8 Å². The number of carbonyl (C=O) groups excluding carboxylic acids is 1. The molecule has 22 heavy (non-hydrogen) atoms. The Kier molecular flexibility index (Phi) is 3.62. The summed E-state index contributed by atoms with van der Waals surface area (Å²) in [6, 6.07) is 6.60. The lowest BCUT2D eigenvalue weighted by Crippen LogP contribution is -2.57. The van der Waals surface area contributed by atoms with Gasteiger partial charge < -0.3 is 10.2 Å². The topological polar surface area (TPSA) is 45.2 Å². The van der Waals surface area contributed by atoms with Crippen molar-refractivity contribution in [2.45, 2.75) is 32.2 Å². The van der Waals surface area contributed by atoms with Crippen LogP contribution in [0.15, 0.2) is 18.2 Å². The number of amides is 1. The minimum Gasteiger partial charge on any atom is -0.352 e. The standard InChI is InChI=1S/C17H21N3OS/c1-11-14-3-2-12(8-16(14)22-19-11)9-17(21)18-15-10-20-6-4-13(15)5-7-20/h2-3,8,13,15H,4-7,9-10H2,1H3,(H,18,21)/t15-/m0/s1. The number of carbonyl (C=O) groups is 1. The Morgan fingerprint density at radius 1 is 1.41 bits per heavy atom. The zero-order valence-corrected chi connectivity index (χ0v) is 13.7. The predicted octanol–water partition coefficient (Wildman–Crippen LogP) is 2.36. The van der Waals surface area contributed by atoms with E-state index in [4.69, 9.17) is 0 Å². The summed E-state index contributed by atoms with van der Waals surface area (Å²) in [5.41, 5.74) is 2.15. The summed E-state index contributed by atoms with van der Waals surface area (Å²) in [6.45, 7) is 5.47. The molecule has 116 valence electrons. The van der Waals surface area contributed by atoms with E-state index in [1.54, 1.807) is 0 Å². The number of nitrogens with zero attached hydrogens (tertiary/aromatic N) is 2. The fourth-order valence-corrected chi connectivity index (χ4v) is 4.64. The van der Waals surface area contributed by atoms with Crippen molar-refractivity contribution in [3.63, 3.8) is 0 Å². The van der Waals surface area contributed by atoms with Crippen LogP contribution in [0.4, 0.5) is 0 Å². The first kappa shape index (κ1) is 14.2. The normalized spacial score (nSPS) is 27.2. The van der Waals surface area contributed by atoms with Crippen molar-refractivity contribution in [3.05, 3.63) is 29.5 Å². The SMILES string of the molecule is Cc1nsc2cc(CC(=O)N[C@H]3CN4CCC3CC4)ccc12. The molecule has 1 aromatic heterocycles. The van der Waals surface area contributed by atoms with Crippen molar-refractivity contribution in [1.82, 2.24) is 14.6 Å². The highest BCUT2D eigenvalue weighted by atomic mass is 32.1. The van der Waals surface area contributed by atoms with Crippen LogP contribution in [0, 0.1) is 12.8 Å². The van der Waals surface area contributed by atoms with E-state index in [1.807, 2.05) is 6.92 Å². The third kappa shape index (κ3) is 2.63. The average Bonchev–Trinajstić information content (AvgIpc) is 2.89. The van der Waals surface area contributed by atoms with E-state index < -0.39 is 0 Å². The minimum atomic E-state index is 0.152. The molecule has 4 nitrogen and oxygen atoms in total. The Morgan fingerprint density at radius 2 is 2.23 bits per heavy atom. The molecule has 1 atom stereocenters. The third-order valence-corrected chi connectivity index (χ3v) is 5.98. The van der Waals surface area contributed by atoms with Gasteiger partial charge in [-0.2, -0.15) is 4.37 Å². The fourth-order valence-electron chi connectivity index (χ4n) is 3.79. The Morgan fingerprint density at radius 3 is 2.95 bits per heavy atom. The van der Waals surface area contributed by atoms with Gasteiger partial charge in [-0.25, -0.2) is 0 Å². The van der Waals surface area contributed by atoms with Crippen LogP contribution in [0.2, 0.25) is 0 Å². The Labute approximate surface area is 134 Å². The highest BCUT2D eigenvalue weighted by Crippen LogP contribution is 2.28. The summed E-state index contributed by atoms with van der Waals surface area (Å²) < 4.78 is 5.54. The first-order chi connectivity index (χ1) is 10.7. The molecular formula is C17H21N3OS. The minimum absolute atomic E-state index is 0.152. The first-order valence-corrected chi connectivity index (χ1v) is 8.83. The molecule has 0 radical (unpaired) electrons. The molecular weight excluding hydrogens is 294 g/mol. The van der Waals surface area contributed by atoms with Gasteiger partial charge in [-0.15, -0.1) is 0 Å². The maximum atomic E-state index is 12.4. The number of hydrogen-bond acceptors (Lipinski definition) is 4. The van der Waals surface area contributed by atoms with E-state index in [9.17, 15) is 4.79 Å². The Balaban J connectivity index is 1.42. The Hall–Kier alpha value is -1.46. The second kappa shape index (κ2) is 5.63. The van der Waals surface area contributed by atoms with Gasteiger partial charge in [0.05, 0.1) is 16.8 Å². The van der Waals surface area contributed by atoms with E-state index >= 15 is 0 Å². The van der Waals surface area contributed by atoms with E-state index in [1.165, 1.54) is 47.5 Å². The van der Waals surface area contributed by atoms with Crippen molar-refractivity contribution in [2.75, 3.05) is 19.6 Å². The summed E-state index contributed by atoms with van der Waals surface area (Å²) in [6.07, 6.45) is 2.93. The molecule has 0 saturated carbocycles. The Bertz CT molecular complexity index is 703. The van der Waals surface area contributed by atoms with Gasteiger partial charge in [0.1, 0.15) is 0 Å². The number of piperidine rings is 3. The maximum Gasteiger partial charge on any atom is 0.224 e. The number of nitrogens with one attached hydrogen (secondary N) is 1. The number of aryl methyl sites for hydroxylation is 1. The van der Waals surface area contributed by atoms with Crippen molar-refractivity contribution in [3.8, 4) is 0 Å². The molecule has 1 amide bonds. The van der Waals surface area contributed by atoms with Crippen LogP contribution in [-0.4, -0.2) is 40.9 Å². The molecule has 4 heterocycles. The molecule has 5 rings (SSSR count). The third-order valence-electron chi connectivity index (χ3n) is 5.08. The molecule has 0 unspecified atom stereocenters. The van der Waals surface area contributed by atoms with Gasteiger partial charge in [0.25, 0.3) is 0 Å². The smallest absolute Gasteiger partial charge is 0.224 e. The number of rotatable bonds is 3. The average molecular weight is 315 g/mol. The number of hydrogen-bond donors (Lipinski definition) is 1. The number of benzene rings is 1. The van der Waals surface area contributed by atoms with Crippen LogP contribution in [0.1, 0.15) is 24.1 Å². The van der Waals surface area contributed by atoms with Gasteiger partial charge in [0, 0.05) is 18.0 Å². The van der Waals surface area contributed by atoms with Crippen LogP contribution in [-0.2, 0) is 11.2 Å². The quantitative estimate of drug-likeness (QED) is 0.946. The molecule has 3 fully saturated rings. The zero-order valence-electron chi connectivity index (χ0n) is 12.8. The lowest BCUT2D eigenvalue weighted by molar-refractivity contribution is -0.122. The number of aromatic nitrogens is 1. The maximum absolute atomic E-state index is 12.4. The molecule has 1 aromatic carbocycles. The van der Waals surface area contributed by atoms with E-state index in [0.29, 0.717) is 18.4 Å². The predicted molar refractivity (Wildman–Crippen MR) is 89.2 cm³/mol. The summed E-state index contributed by atoms with van der Waals surface area (Å²) in [4.78, 5) is 14.8. The van der Waals surface area contributed by atoms with Crippen molar-refractivity contribution >= 4 is 27.5 Å². The summed E-state index contributed by atoms with van der Waals surface area (Å²) in [7, 11) is 0. The lowest BCUT2D eigenvalue weighted by Gasteiger charge is -2.44. The highest BCUT2D eigenvalue weighted by molar-refractivity contribution is 7.13. The molecule has 2 aromatic rings. The van der Waals surface area contributed by atoms with E-state index in [-0.39, 0.29) is 5.91 Å². The molecule has 3 saturated heterocycles. The van der Waals surface area contributed by atoms with Crippen molar-refractivity contribution in [1.29, 1.82) is 0 Å². The van der Waals surface area contributed by atoms with Crippen LogP contribution in [0.3, 0.4) is 0 Å². The second-order valence-electron chi connectivity index (χ2n) is 6.59. The van der Waals surface area contributed by atoms with Gasteiger partial charge in [0.15, 0.2) is 0 Å². The lowest BCUT2D eigenvalue weighted by atomic mass is 9.84. The van der Waals surface area contributed by atoms with Gasteiger partial charge in [-0.05, 0) is 61.9 Å². The van der Waals surface area contributed by atoms with Gasteiger partial charge in [-0.3, -0.25) is 4.79 Å². The summed E-state index contributed by atoms with van der Waals surface area (Å²) in [5.74, 6) is 0.833. The second-order valence-corrected chi connectivity index (χ2v) is 7.39. The molecule has 3 aliphatic heterocycles. The fraction of sp³-hybridized carbons (Fsp3) is 0.529.